The molecule has 0 saturated heterocycles. The molecule has 0 bridgehead atoms. The predicted octanol–water partition coefficient (Wildman–Crippen LogP) is 5.52. The standard InChI is InChI=1S/C16H13ClFNS/c17-15-8-7-13-10-14(20-16(13)19-15)12-5-3-11(4-6-12)2-1-9-18/h3-8,10H,1-2,9H2. The zero-order chi connectivity index (χ0) is 13.9. The largest absolute Gasteiger partial charge is 0.251 e. The van der Waals surface area contributed by atoms with Gasteiger partial charge in [-0.2, -0.15) is 0 Å². The molecule has 0 aliphatic heterocycles. The summed E-state index contributed by atoms with van der Waals surface area (Å²) >= 11 is 7.54. The molecule has 0 fully saturated rings. The fourth-order valence-electron chi connectivity index (χ4n) is 2.14. The Morgan fingerprint density at radius 3 is 2.65 bits per heavy atom. The van der Waals surface area contributed by atoms with Gasteiger partial charge >= 0.3 is 0 Å². The van der Waals surface area contributed by atoms with E-state index in [4.69, 9.17) is 11.6 Å². The number of aromatic nitrogens is 1. The van der Waals surface area contributed by atoms with Crippen LogP contribution in [0.25, 0.3) is 20.7 Å². The minimum Gasteiger partial charge on any atom is -0.251 e. The summed E-state index contributed by atoms with van der Waals surface area (Å²) < 4.78 is 12.2. The average Bonchev–Trinajstić information content (AvgIpc) is 2.88. The first-order chi connectivity index (χ1) is 9.76. The highest BCUT2D eigenvalue weighted by atomic mass is 35.5. The number of thiophene rings is 1. The second kappa shape index (κ2) is 5.90. The Bertz CT molecular complexity index is 721. The molecule has 0 spiro atoms. The van der Waals surface area contributed by atoms with Crippen LogP contribution >= 0.6 is 22.9 Å². The molecule has 1 aromatic carbocycles. The molecule has 3 aromatic rings. The maximum absolute atomic E-state index is 12.2. The molecule has 4 heteroatoms. The summed E-state index contributed by atoms with van der Waals surface area (Å²) in [5.41, 5.74) is 2.34. The van der Waals surface area contributed by atoms with Crippen LogP contribution in [0.4, 0.5) is 4.39 Å². The van der Waals surface area contributed by atoms with Crippen LogP contribution in [0.15, 0.2) is 42.5 Å². The van der Waals surface area contributed by atoms with Crippen LogP contribution in [0.2, 0.25) is 5.15 Å². The minimum absolute atomic E-state index is 0.259. The van der Waals surface area contributed by atoms with E-state index in [-0.39, 0.29) is 6.67 Å². The number of hydrogen-bond acceptors (Lipinski definition) is 2. The monoisotopic (exact) mass is 305 g/mol. The van der Waals surface area contributed by atoms with Gasteiger partial charge in [-0.25, -0.2) is 4.98 Å². The molecule has 20 heavy (non-hydrogen) atoms. The molecule has 0 radical (unpaired) electrons. The van der Waals surface area contributed by atoms with Gasteiger partial charge in [0.15, 0.2) is 0 Å². The quantitative estimate of drug-likeness (QED) is 0.578. The van der Waals surface area contributed by atoms with Gasteiger partial charge in [0.2, 0.25) is 0 Å². The predicted molar refractivity (Wildman–Crippen MR) is 84.4 cm³/mol. The molecule has 0 amide bonds. The van der Waals surface area contributed by atoms with Gasteiger partial charge in [-0.05, 0) is 42.2 Å². The van der Waals surface area contributed by atoms with E-state index in [2.05, 4.69) is 35.3 Å². The van der Waals surface area contributed by atoms with Crippen LogP contribution in [0.1, 0.15) is 12.0 Å². The second-order valence-electron chi connectivity index (χ2n) is 4.63. The molecule has 2 heterocycles. The summed E-state index contributed by atoms with van der Waals surface area (Å²) in [7, 11) is 0. The molecule has 3 rings (SSSR count). The molecular weight excluding hydrogens is 293 g/mol. The molecule has 0 N–H and O–H groups in total. The Kier molecular flexibility index (Phi) is 3.99. The van der Waals surface area contributed by atoms with Crippen molar-refractivity contribution in [2.24, 2.45) is 0 Å². The minimum atomic E-state index is -0.259. The third-order valence-corrected chi connectivity index (χ3v) is 4.49. The first-order valence-electron chi connectivity index (χ1n) is 6.47. The van der Waals surface area contributed by atoms with Gasteiger partial charge < -0.3 is 0 Å². The third kappa shape index (κ3) is 2.84. The molecular formula is C16H13ClFNS. The molecule has 0 atom stereocenters. The second-order valence-corrected chi connectivity index (χ2v) is 6.05. The maximum atomic E-state index is 12.2. The maximum Gasteiger partial charge on any atom is 0.130 e. The number of aryl methyl sites for hydroxylation is 1. The Balaban J connectivity index is 1.90. The molecule has 2 aromatic heterocycles. The summed E-state index contributed by atoms with van der Waals surface area (Å²) in [6, 6.07) is 14.2. The third-order valence-electron chi connectivity index (χ3n) is 3.19. The smallest absolute Gasteiger partial charge is 0.130 e. The lowest BCUT2D eigenvalue weighted by atomic mass is 10.1. The van der Waals surface area contributed by atoms with E-state index >= 15 is 0 Å². The first kappa shape index (κ1) is 13.5. The summed E-state index contributed by atoms with van der Waals surface area (Å²) in [5.74, 6) is 0. The lowest BCUT2D eigenvalue weighted by Gasteiger charge is -2.01. The number of alkyl halides is 1. The highest BCUT2D eigenvalue weighted by molar-refractivity contribution is 7.21. The highest BCUT2D eigenvalue weighted by Gasteiger charge is 2.06. The average molecular weight is 306 g/mol. The van der Waals surface area contributed by atoms with Crippen molar-refractivity contribution in [3.05, 3.63) is 53.2 Å². The molecule has 1 nitrogen and oxygen atoms in total. The Labute approximate surface area is 126 Å². The van der Waals surface area contributed by atoms with Gasteiger partial charge in [-0.1, -0.05) is 35.9 Å². The fourth-order valence-corrected chi connectivity index (χ4v) is 3.38. The number of nitrogens with zero attached hydrogens (tertiary/aromatic N) is 1. The van der Waals surface area contributed by atoms with Crippen molar-refractivity contribution >= 4 is 33.2 Å². The summed E-state index contributed by atoms with van der Waals surface area (Å²) in [4.78, 5) is 6.45. The van der Waals surface area contributed by atoms with E-state index in [1.807, 2.05) is 6.07 Å². The van der Waals surface area contributed by atoms with Gasteiger partial charge in [0.1, 0.15) is 9.98 Å². The van der Waals surface area contributed by atoms with Gasteiger partial charge in [0.05, 0.1) is 6.67 Å². The normalized spacial score (nSPS) is 11.1. The van der Waals surface area contributed by atoms with Crippen LogP contribution in [0.3, 0.4) is 0 Å². The van der Waals surface area contributed by atoms with Gasteiger partial charge in [-0.3, -0.25) is 4.39 Å². The van der Waals surface area contributed by atoms with Crippen LogP contribution in [-0.2, 0) is 6.42 Å². The molecule has 0 unspecified atom stereocenters. The molecule has 102 valence electrons. The van der Waals surface area contributed by atoms with Crippen molar-refractivity contribution in [3.8, 4) is 10.4 Å². The number of rotatable bonds is 4. The first-order valence-corrected chi connectivity index (χ1v) is 7.67. The van der Waals surface area contributed by atoms with E-state index < -0.39 is 0 Å². The fraction of sp³-hybridized carbons (Fsp3) is 0.188. The van der Waals surface area contributed by atoms with Crippen molar-refractivity contribution in [2.45, 2.75) is 12.8 Å². The lowest BCUT2D eigenvalue weighted by molar-refractivity contribution is 0.473. The van der Waals surface area contributed by atoms with Crippen LogP contribution < -0.4 is 0 Å². The van der Waals surface area contributed by atoms with Crippen molar-refractivity contribution in [1.29, 1.82) is 0 Å². The van der Waals surface area contributed by atoms with E-state index in [1.165, 1.54) is 10.4 Å². The van der Waals surface area contributed by atoms with Crippen molar-refractivity contribution in [2.75, 3.05) is 6.67 Å². The van der Waals surface area contributed by atoms with E-state index in [1.54, 1.807) is 17.4 Å². The SMILES string of the molecule is FCCCc1ccc(-c2cc3ccc(Cl)nc3s2)cc1. The number of halogens is 2. The molecule has 0 aliphatic carbocycles. The van der Waals surface area contributed by atoms with Gasteiger partial charge in [0, 0.05) is 10.3 Å². The zero-order valence-corrected chi connectivity index (χ0v) is 12.3. The Hall–Kier alpha value is -1.45. The van der Waals surface area contributed by atoms with Crippen LogP contribution in [-0.4, -0.2) is 11.7 Å². The number of hydrogen-bond donors (Lipinski definition) is 0. The van der Waals surface area contributed by atoms with Gasteiger partial charge in [-0.15, -0.1) is 11.3 Å². The van der Waals surface area contributed by atoms with E-state index in [0.717, 1.165) is 22.2 Å². The van der Waals surface area contributed by atoms with E-state index in [9.17, 15) is 4.39 Å². The van der Waals surface area contributed by atoms with Crippen LogP contribution in [0, 0.1) is 0 Å². The van der Waals surface area contributed by atoms with Crippen molar-refractivity contribution < 1.29 is 4.39 Å². The topological polar surface area (TPSA) is 12.9 Å². The van der Waals surface area contributed by atoms with Gasteiger partial charge in [0.25, 0.3) is 0 Å². The Morgan fingerprint density at radius 2 is 1.90 bits per heavy atom. The van der Waals surface area contributed by atoms with Crippen LogP contribution in [0.5, 0.6) is 0 Å². The van der Waals surface area contributed by atoms with Crippen molar-refractivity contribution in [3.63, 3.8) is 0 Å². The number of pyridine rings is 1. The van der Waals surface area contributed by atoms with Crippen molar-refractivity contribution in [1.82, 2.24) is 4.98 Å². The molecule has 0 aliphatic rings. The zero-order valence-electron chi connectivity index (χ0n) is 10.8. The lowest BCUT2D eigenvalue weighted by Crippen LogP contribution is -1.86. The highest BCUT2D eigenvalue weighted by Crippen LogP contribution is 2.33. The number of benzene rings is 1. The summed E-state index contributed by atoms with van der Waals surface area (Å²) in [5, 5.41) is 1.63. The summed E-state index contributed by atoms with van der Waals surface area (Å²) in [6.07, 6.45) is 1.38. The summed E-state index contributed by atoms with van der Waals surface area (Å²) in [6.45, 7) is -0.259. The number of fused-ring (bicyclic) bond motifs is 1. The van der Waals surface area contributed by atoms with E-state index in [0.29, 0.717) is 11.6 Å². The Morgan fingerprint density at radius 1 is 1.10 bits per heavy atom. The molecule has 0 saturated carbocycles.